The molecule has 0 saturated heterocycles. The van der Waals surface area contributed by atoms with Gasteiger partial charge in [0.2, 0.25) is 0 Å². The number of rotatable bonds is 1. The van der Waals surface area contributed by atoms with Crippen LogP contribution in [0, 0.1) is 6.92 Å². The summed E-state index contributed by atoms with van der Waals surface area (Å²) in [4.78, 5) is 0. The first-order valence-corrected chi connectivity index (χ1v) is 13.5. The van der Waals surface area contributed by atoms with E-state index in [-0.39, 0.29) is 45.7 Å². The fourth-order valence-corrected chi connectivity index (χ4v) is 4.58. The van der Waals surface area contributed by atoms with Crippen molar-refractivity contribution >= 4 is 43.6 Å². The van der Waals surface area contributed by atoms with Crippen LogP contribution in [0.2, 0.25) is 0 Å². The van der Waals surface area contributed by atoms with Crippen molar-refractivity contribution in [2.24, 2.45) is 0 Å². The summed E-state index contributed by atoms with van der Waals surface area (Å²) >= 11 is 3.24. The van der Waals surface area contributed by atoms with Crippen LogP contribution in [0.15, 0.2) is 28.7 Å². The second kappa shape index (κ2) is 20.6. The fraction of sp³-hybridized carbons (Fsp3) is 0.647. The van der Waals surface area contributed by atoms with Crippen molar-refractivity contribution < 1.29 is 39.5 Å². The number of benzene rings is 1. The molecule has 1 nitrogen and oxygen atoms in total. The van der Waals surface area contributed by atoms with Gasteiger partial charge in [-0.1, -0.05) is 73.7 Å². The Balaban J connectivity index is -0.000000141. The van der Waals surface area contributed by atoms with Gasteiger partial charge in [0.1, 0.15) is 0 Å². The molecule has 1 aromatic rings. The van der Waals surface area contributed by atoms with Crippen LogP contribution in [0.5, 0.6) is 0 Å². The van der Waals surface area contributed by atoms with E-state index < -0.39 is 0 Å². The molecule has 0 aliphatic heterocycles. The summed E-state index contributed by atoms with van der Waals surface area (Å²) in [6.45, 7) is 9.20. The normalized spacial score (nSPS) is 14.0. The summed E-state index contributed by atoms with van der Waals surface area (Å²) in [5.41, 5.74) is 2.37. The van der Waals surface area contributed by atoms with E-state index in [9.17, 15) is 0 Å². The number of hydrogen-bond donors (Lipinski definition) is 0. The molecule has 8 heteroatoms. The molecule has 0 amide bonds. The van der Waals surface area contributed by atoms with Crippen molar-refractivity contribution in [3.63, 3.8) is 0 Å². The molecule has 148 valence electrons. The van der Waals surface area contributed by atoms with Crippen LogP contribution in [-0.4, -0.2) is 10.8 Å². The Kier molecular flexibility index (Phi) is 28.3. The third-order valence-electron chi connectivity index (χ3n) is 3.25. The Bertz CT molecular complexity index is 370. The molecule has 1 aliphatic carbocycles. The van der Waals surface area contributed by atoms with Crippen molar-refractivity contribution in [1.82, 2.24) is 0 Å². The van der Waals surface area contributed by atoms with E-state index in [1.165, 1.54) is 46.2 Å². The molecule has 1 saturated carbocycles. The third-order valence-corrected chi connectivity index (χ3v) is 5.63. The van der Waals surface area contributed by atoms with Gasteiger partial charge in [0, 0.05) is 4.47 Å². The van der Waals surface area contributed by atoms with Gasteiger partial charge in [-0.05, 0) is 42.7 Å². The van der Waals surface area contributed by atoms with E-state index in [1.807, 2.05) is 12.1 Å². The second-order valence-corrected chi connectivity index (χ2v) is 12.5. The molecule has 0 radical (unpaired) electrons. The molecule has 1 unspecified atom stereocenters. The van der Waals surface area contributed by atoms with E-state index in [2.05, 4.69) is 55.8 Å². The van der Waals surface area contributed by atoms with Crippen LogP contribution in [0.25, 0.3) is 6.15 Å². The summed E-state index contributed by atoms with van der Waals surface area (Å²) in [5.74, 6) is 0. The average molecular weight is 563 g/mol. The molecule has 2 rings (SSSR count). The Morgan fingerprint density at radius 3 is 1.76 bits per heavy atom. The van der Waals surface area contributed by atoms with Gasteiger partial charge in [-0.3, -0.25) is 0 Å². The second-order valence-electron chi connectivity index (χ2n) is 6.57. The van der Waals surface area contributed by atoms with Gasteiger partial charge in [0.25, 0.3) is 0 Å². The van der Waals surface area contributed by atoms with Gasteiger partial charge in [0.05, 0.1) is 0 Å². The first kappa shape index (κ1) is 34.4. The molecular formula is C17H30BrCl2FLiNPPd-. The van der Waals surface area contributed by atoms with Crippen molar-refractivity contribution in [2.75, 3.05) is 0 Å². The fourth-order valence-electron chi connectivity index (χ4n) is 2.39. The van der Waals surface area contributed by atoms with E-state index in [1.54, 1.807) is 0 Å². The van der Waals surface area contributed by atoms with E-state index in [4.69, 9.17) is 19.1 Å². The Labute approximate surface area is 192 Å². The molecule has 1 aromatic carbocycles. The van der Waals surface area contributed by atoms with Gasteiger partial charge >= 0.3 is 53.9 Å². The minimum absolute atomic E-state index is 0. The summed E-state index contributed by atoms with van der Waals surface area (Å²) < 4.78 is 1.14. The summed E-state index contributed by atoms with van der Waals surface area (Å²) in [6, 6.07) is 8.22. The Morgan fingerprint density at radius 2 is 1.44 bits per heavy atom. The van der Waals surface area contributed by atoms with Crippen LogP contribution in [0.4, 0.5) is 0 Å². The number of hydrogen-bond acceptors (Lipinski definition) is 0. The monoisotopic (exact) mass is 560 g/mol. The van der Waals surface area contributed by atoms with Crippen molar-refractivity contribution in [3.8, 4) is 0 Å². The van der Waals surface area contributed by atoms with Gasteiger partial charge in [-0.15, -0.1) is 8.58 Å². The zero-order valence-corrected chi connectivity index (χ0v) is 21.5. The molecule has 1 atom stereocenters. The van der Waals surface area contributed by atoms with Gasteiger partial charge in [-0.25, -0.2) is 0 Å². The smallest absolute Gasteiger partial charge is 1.00 e. The van der Waals surface area contributed by atoms with E-state index in [0.717, 1.165) is 10.1 Å². The van der Waals surface area contributed by atoms with Crippen molar-refractivity contribution in [2.45, 2.75) is 70.6 Å². The summed E-state index contributed by atoms with van der Waals surface area (Å²) in [5, 5.41) is 0.585. The first-order valence-electron chi connectivity index (χ1n) is 7.60. The summed E-state index contributed by atoms with van der Waals surface area (Å²) in [6.07, 6.45) is 7.50. The van der Waals surface area contributed by atoms with Crippen LogP contribution in [-0.2, 0) is 15.9 Å². The largest absolute Gasteiger partial charge is 1.00 e. The SMILES string of the molecule is CC(C)(C)PC1CCCCC1.Cc1ccc(Br)cc1.[Cl][Pd][Cl].[F-].[Li+].[NH2-]. The molecule has 2 N–H and O–H groups in total. The molecule has 25 heavy (non-hydrogen) atoms. The van der Waals surface area contributed by atoms with Gasteiger partial charge < -0.3 is 10.9 Å². The predicted octanol–water partition coefficient (Wildman–Crippen LogP) is 2.66. The van der Waals surface area contributed by atoms with Crippen LogP contribution < -0.4 is 23.6 Å². The summed E-state index contributed by atoms with van der Waals surface area (Å²) in [7, 11) is 10.8. The average Bonchev–Trinajstić information content (AvgIpc) is 2.43. The quantitative estimate of drug-likeness (QED) is 0.373. The maximum absolute atomic E-state index is 4.81. The van der Waals surface area contributed by atoms with Crippen molar-refractivity contribution in [3.05, 3.63) is 40.5 Å². The van der Waals surface area contributed by atoms with E-state index >= 15 is 0 Å². The maximum atomic E-state index is 4.81. The minimum atomic E-state index is -0.106. The number of aryl methyl sites for hydroxylation is 1. The van der Waals surface area contributed by atoms with E-state index in [0.29, 0.717) is 5.16 Å². The topological polar surface area (TPSA) is 33.5 Å². The van der Waals surface area contributed by atoms with Crippen LogP contribution in [0.1, 0.15) is 58.4 Å². The number of nitrogens with two attached hydrogens (primary N) is 1. The zero-order chi connectivity index (χ0) is 17.0. The number of halogens is 4. The standard InChI is InChI=1S/C10H21P.C7H7Br.2ClH.FH.Li.H2N.Pd/c1-10(2,3)11-9-7-5-4-6-8-9;1-6-2-4-7(8)5-3-6;;;;;;/h9,11H,4-8H2,1-3H3;2-5H,1H3;3*1H;;1H2;/q;;;;;+1;-1;+2/p-3. The third kappa shape index (κ3) is 23.8. The molecule has 0 bridgehead atoms. The molecule has 1 fully saturated rings. The van der Waals surface area contributed by atoms with Crippen molar-refractivity contribution in [1.29, 1.82) is 0 Å². The van der Waals surface area contributed by atoms with Crippen LogP contribution in [0.3, 0.4) is 0 Å². The molecule has 0 heterocycles. The molecular weight excluding hydrogens is 532 g/mol. The van der Waals surface area contributed by atoms with Crippen LogP contribution >= 0.6 is 43.6 Å². The first-order chi connectivity index (χ1) is 10.3. The Morgan fingerprint density at radius 1 is 1.04 bits per heavy atom. The Hall–Kier alpha value is 1.86. The molecule has 0 spiro atoms. The molecule has 1 aliphatic rings. The van der Waals surface area contributed by atoms with Gasteiger partial charge in [0.15, 0.2) is 0 Å². The molecule has 0 aromatic heterocycles. The predicted molar refractivity (Wildman–Crippen MR) is 111 cm³/mol. The maximum Gasteiger partial charge on any atom is 1.00 e. The minimum Gasteiger partial charge on any atom is -1.00 e. The zero-order valence-electron chi connectivity index (χ0n) is 15.8. The van der Waals surface area contributed by atoms with Gasteiger partial charge in [-0.2, -0.15) is 0 Å².